The number of nitriles is 1. The van der Waals surface area contributed by atoms with Crippen LogP contribution < -0.4 is 10.5 Å². The molecule has 1 aromatic heterocycles. The number of sulfonamides is 1. The highest BCUT2D eigenvalue weighted by molar-refractivity contribution is 7.89. The fourth-order valence-corrected chi connectivity index (χ4v) is 4.34. The Morgan fingerprint density at radius 3 is 2.19 bits per heavy atom. The van der Waals surface area contributed by atoms with Gasteiger partial charge in [-0.1, -0.05) is 54.6 Å². The Hall–Kier alpha value is -3.77. The molecule has 0 aliphatic heterocycles. The SMILES string of the molecule is N#C/C(=C\Nc1ccc(S(N)(=O)=O)cc1)c1nc(-c2ccc(-c3ccccc3)cc2)cs1. The number of hydrogen-bond acceptors (Lipinski definition) is 6. The highest BCUT2D eigenvalue weighted by Gasteiger charge is 2.10. The molecule has 0 fully saturated rings. The van der Waals surface area contributed by atoms with E-state index in [0.29, 0.717) is 16.3 Å². The van der Waals surface area contributed by atoms with Crippen molar-refractivity contribution in [3.05, 3.63) is 95.5 Å². The summed E-state index contributed by atoms with van der Waals surface area (Å²) in [5.74, 6) is 0. The molecule has 0 saturated heterocycles. The maximum Gasteiger partial charge on any atom is 0.238 e. The summed E-state index contributed by atoms with van der Waals surface area (Å²) in [4.78, 5) is 4.63. The van der Waals surface area contributed by atoms with Gasteiger partial charge >= 0.3 is 0 Å². The van der Waals surface area contributed by atoms with Gasteiger partial charge in [-0.05, 0) is 35.4 Å². The number of primary sulfonamides is 1. The van der Waals surface area contributed by atoms with Crippen LogP contribution in [0.15, 0.2) is 95.3 Å². The fraction of sp³-hybridized carbons (Fsp3) is 0. The molecule has 4 rings (SSSR count). The highest BCUT2D eigenvalue weighted by atomic mass is 32.2. The van der Waals surface area contributed by atoms with Crippen LogP contribution in [-0.2, 0) is 10.0 Å². The molecule has 0 saturated carbocycles. The van der Waals surface area contributed by atoms with Gasteiger partial charge in [0.2, 0.25) is 10.0 Å². The van der Waals surface area contributed by atoms with Gasteiger partial charge in [-0.25, -0.2) is 18.5 Å². The Bertz CT molecular complexity index is 1400. The molecule has 0 radical (unpaired) electrons. The van der Waals surface area contributed by atoms with E-state index < -0.39 is 10.0 Å². The van der Waals surface area contributed by atoms with Gasteiger partial charge in [0.15, 0.2) is 0 Å². The fourth-order valence-electron chi connectivity index (χ4n) is 3.03. The van der Waals surface area contributed by atoms with Crippen LogP contribution in [0.1, 0.15) is 5.01 Å². The van der Waals surface area contributed by atoms with E-state index in [1.807, 2.05) is 35.7 Å². The minimum Gasteiger partial charge on any atom is -0.360 e. The molecule has 3 aromatic carbocycles. The topological polar surface area (TPSA) is 109 Å². The lowest BCUT2D eigenvalue weighted by Gasteiger charge is -2.03. The molecule has 6 nitrogen and oxygen atoms in total. The zero-order valence-corrected chi connectivity index (χ0v) is 18.4. The first-order chi connectivity index (χ1) is 15.4. The summed E-state index contributed by atoms with van der Waals surface area (Å²) in [6.07, 6.45) is 1.55. The number of anilines is 1. The van der Waals surface area contributed by atoms with Gasteiger partial charge in [0.05, 0.1) is 10.6 Å². The molecule has 0 aliphatic rings. The average molecular weight is 459 g/mol. The number of allylic oxidation sites excluding steroid dienone is 1. The second-order valence-electron chi connectivity index (χ2n) is 6.86. The van der Waals surface area contributed by atoms with Crippen LogP contribution in [0.4, 0.5) is 5.69 Å². The predicted molar refractivity (Wildman–Crippen MR) is 128 cm³/mol. The maximum absolute atomic E-state index is 11.3. The number of hydrogen-bond donors (Lipinski definition) is 2. The van der Waals surface area contributed by atoms with Crippen molar-refractivity contribution >= 4 is 32.6 Å². The largest absolute Gasteiger partial charge is 0.360 e. The lowest BCUT2D eigenvalue weighted by Crippen LogP contribution is -2.11. The predicted octanol–water partition coefficient (Wildman–Crippen LogP) is 5.10. The number of aromatic nitrogens is 1. The summed E-state index contributed by atoms with van der Waals surface area (Å²) in [5, 5.41) is 20.2. The van der Waals surface area contributed by atoms with Gasteiger partial charge in [-0.3, -0.25) is 0 Å². The molecule has 8 heteroatoms. The van der Waals surface area contributed by atoms with Crippen LogP contribution >= 0.6 is 11.3 Å². The summed E-state index contributed by atoms with van der Waals surface area (Å²) in [6.45, 7) is 0. The summed E-state index contributed by atoms with van der Waals surface area (Å²) >= 11 is 1.38. The first-order valence-electron chi connectivity index (χ1n) is 9.55. The molecular formula is C24H18N4O2S2. The quantitative estimate of drug-likeness (QED) is 0.391. The van der Waals surface area contributed by atoms with E-state index in [9.17, 15) is 13.7 Å². The molecule has 0 unspecified atom stereocenters. The Labute approximate surface area is 190 Å². The monoisotopic (exact) mass is 458 g/mol. The van der Waals surface area contributed by atoms with Crippen molar-refractivity contribution in [2.24, 2.45) is 5.14 Å². The maximum atomic E-state index is 11.3. The van der Waals surface area contributed by atoms with Crippen molar-refractivity contribution in [3.8, 4) is 28.5 Å². The van der Waals surface area contributed by atoms with Crippen molar-refractivity contribution in [1.29, 1.82) is 5.26 Å². The summed E-state index contributed by atoms with van der Waals surface area (Å²) in [5.41, 5.74) is 5.03. The van der Waals surface area contributed by atoms with Gasteiger partial charge in [0, 0.05) is 22.8 Å². The third-order valence-corrected chi connectivity index (χ3v) is 6.51. The average Bonchev–Trinajstić information content (AvgIpc) is 3.30. The van der Waals surface area contributed by atoms with Gasteiger partial charge in [-0.2, -0.15) is 5.26 Å². The van der Waals surface area contributed by atoms with E-state index in [1.54, 1.807) is 18.3 Å². The van der Waals surface area contributed by atoms with E-state index in [-0.39, 0.29) is 4.90 Å². The normalized spacial score (nSPS) is 11.7. The van der Waals surface area contributed by atoms with Crippen LogP contribution in [-0.4, -0.2) is 13.4 Å². The second kappa shape index (κ2) is 9.16. The summed E-state index contributed by atoms with van der Waals surface area (Å²) in [7, 11) is -3.74. The van der Waals surface area contributed by atoms with Crippen LogP contribution in [0.2, 0.25) is 0 Å². The minimum atomic E-state index is -3.74. The number of rotatable bonds is 6. The number of nitrogens with zero attached hydrogens (tertiary/aromatic N) is 2. The molecule has 0 spiro atoms. The Morgan fingerprint density at radius 1 is 0.938 bits per heavy atom. The molecule has 0 bridgehead atoms. The zero-order chi connectivity index (χ0) is 22.6. The Kier molecular flexibility index (Phi) is 6.14. The van der Waals surface area contributed by atoms with Crippen molar-refractivity contribution in [1.82, 2.24) is 4.98 Å². The third kappa shape index (κ3) is 4.92. The van der Waals surface area contributed by atoms with Crippen LogP contribution in [0.25, 0.3) is 28.0 Å². The molecule has 32 heavy (non-hydrogen) atoms. The minimum absolute atomic E-state index is 0.0235. The number of benzene rings is 3. The standard InChI is InChI=1S/C24H18N4O2S2/c25-14-20(15-27-21-10-12-22(13-11-21)32(26,29)30)24-28-23(16-31-24)19-8-6-18(7-9-19)17-4-2-1-3-5-17/h1-13,15-16,27H,(H2,26,29,30)/b20-15+. The van der Waals surface area contributed by atoms with Gasteiger partial charge in [-0.15, -0.1) is 11.3 Å². The van der Waals surface area contributed by atoms with E-state index in [1.165, 1.54) is 23.5 Å². The van der Waals surface area contributed by atoms with Crippen molar-refractivity contribution in [3.63, 3.8) is 0 Å². The van der Waals surface area contributed by atoms with Gasteiger partial charge in [0.1, 0.15) is 16.6 Å². The number of nitrogens with two attached hydrogens (primary N) is 1. The van der Waals surface area contributed by atoms with Gasteiger partial charge in [0.25, 0.3) is 0 Å². The molecular weight excluding hydrogens is 440 g/mol. The van der Waals surface area contributed by atoms with Crippen LogP contribution in [0, 0.1) is 11.3 Å². The van der Waals surface area contributed by atoms with E-state index in [0.717, 1.165) is 22.4 Å². The van der Waals surface area contributed by atoms with E-state index in [4.69, 9.17) is 5.14 Å². The molecule has 158 valence electrons. The lowest BCUT2D eigenvalue weighted by atomic mass is 10.0. The second-order valence-corrected chi connectivity index (χ2v) is 9.28. The van der Waals surface area contributed by atoms with Gasteiger partial charge < -0.3 is 5.32 Å². The first-order valence-corrected chi connectivity index (χ1v) is 12.0. The Morgan fingerprint density at radius 2 is 1.56 bits per heavy atom. The molecule has 1 heterocycles. The zero-order valence-electron chi connectivity index (χ0n) is 16.8. The Balaban J connectivity index is 1.51. The molecule has 0 amide bonds. The number of nitrogens with one attached hydrogen (secondary N) is 1. The summed E-state index contributed by atoms with van der Waals surface area (Å²) < 4.78 is 22.7. The molecule has 0 atom stereocenters. The van der Waals surface area contributed by atoms with Crippen molar-refractivity contribution in [2.45, 2.75) is 4.90 Å². The summed E-state index contributed by atoms with van der Waals surface area (Å²) in [6, 6.07) is 26.4. The number of thiazole rings is 1. The highest BCUT2D eigenvalue weighted by Crippen LogP contribution is 2.28. The lowest BCUT2D eigenvalue weighted by molar-refractivity contribution is 0.598. The van der Waals surface area contributed by atoms with Crippen molar-refractivity contribution in [2.75, 3.05) is 5.32 Å². The first kappa shape index (κ1) is 21.5. The molecule has 4 aromatic rings. The van der Waals surface area contributed by atoms with Crippen LogP contribution in [0.3, 0.4) is 0 Å². The smallest absolute Gasteiger partial charge is 0.238 e. The third-order valence-electron chi connectivity index (χ3n) is 4.71. The van der Waals surface area contributed by atoms with Crippen LogP contribution in [0.5, 0.6) is 0 Å². The molecule has 3 N–H and O–H groups in total. The van der Waals surface area contributed by atoms with E-state index >= 15 is 0 Å². The molecule has 0 aliphatic carbocycles. The van der Waals surface area contributed by atoms with Crippen molar-refractivity contribution < 1.29 is 8.42 Å². The van der Waals surface area contributed by atoms with E-state index in [2.05, 4.69) is 40.6 Å².